The summed E-state index contributed by atoms with van der Waals surface area (Å²) in [5.74, 6) is 0.544. The van der Waals surface area contributed by atoms with Gasteiger partial charge in [0, 0.05) is 15.8 Å². The van der Waals surface area contributed by atoms with Crippen molar-refractivity contribution in [1.29, 1.82) is 0 Å². The highest BCUT2D eigenvalue weighted by Crippen LogP contribution is 2.31. The molecule has 3 aromatic rings. The van der Waals surface area contributed by atoms with Gasteiger partial charge in [-0.25, -0.2) is 0 Å². The number of anilines is 1. The molecule has 0 aliphatic heterocycles. The summed E-state index contributed by atoms with van der Waals surface area (Å²) < 4.78 is 0.765. The van der Waals surface area contributed by atoms with Crippen LogP contribution in [-0.2, 0) is 17.0 Å². The van der Waals surface area contributed by atoms with Crippen LogP contribution in [0.15, 0.2) is 52.9 Å². The summed E-state index contributed by atoms with van der Waals surface area (Å²) in [6.45, 7) is 0. The van der Waals surface area contributed by atoms with Crippen molar-refractivity contribution >= 4 is 57.3 Å². The molecule has 8 heteroatoms. The van der Waals surface area contributed by atoms with E-state index in [-0.39, 0.29) is 5.91 Å². The molecule has 0 aliphatic carbocycles. The zero-order valence-corrected chi connectivity index (χ0v) is 16.1. The van der Waals surface area contributed by atoms with Crippen molar-refractivity contribution in [3.05, 3.63) is 69.7 Å². The summed E-state index contributed by atoms with van der Waals surface area (Å²) in [5, 5.41) is 12.6. The van der Waals surface area contributed by atoms with Gasteiger partial charge in [-0.3, -0.25) is 4.79 Å². The van der Waals surface area contributed by atoms with Gasteiger partial charge >= 0.3 is 0 Å². The van der Waals surface area contributed by atoms with E-state index in [1.165, 1.54) is 23.1 Å². The Morgan fingerprint density at radius 2 is 1.92 bits per heavy atom. The molecule has 25 heavy (non-hydrogen) atoms. The van der Waals surface area contributed by atoms with Crippen LogP contribution in [-0.4, -0.2) is 16.1 Å². The van der Waals surface area contributed by atoms with Gasteiger partial charge in [-0.1, -0.05) is 82.7 Å². The smallest absolute Gasteiger partial charge is 0.230 e. The molecule has 2 aromatic carbocycles. The number of hydrogen-bond acceptors (Lipinski definition) is 5. The fourth-order valence-corrected chi connectivity index (χ4v) is 4.37. The van der Waals surface area contributed by atoms with Crippen LogP contribution >= 0.6 is 46.3 Å². The molecule has 0 radical (unpaired) electrons. The van der Waals surface area contributed by atoms with Gasteiger partial charge in [0.2, 0.25) is 11.0 Å². The summed E-state index contributed by atoms with van der Waals surface area (Å²) in [6, 6.07) is 15.0. The summed E-state index contributed by atoms with van der Waals surface area (Å²) in [5.41, 5.74) is 1.93. The van der Waals surface area contributed by atoms with Gasteiger partial charge in [0.15, 0.2) is 4.34 Å². The molecule has 0 saturated heterocycles. The van der Waals surface area contributed by atoms with Gasteiger partial charge in [0.1, 0.15) is 0 Å². The van der Waals surface area contributed by atoms with Crippen molar-refractivity contribution < 1.29 is 4.79 Å². The van der Waals surface area contributed by atoms with Crippen LogP contribution < -0.4 is 5.32 Å². The second kappa shape index (κ2) is 8.67. The van der Waals surface area contributed by atoms with Crippen molar-refractivity contribution in [2.75, 3.05) is 5.32 Å². The Kier molecular flexibility index (Phi) is 6.31. The molecular weight excluding hydrogens is 397 g/mol. The molecule has 3 rings (SSSR count). The first kappa shape index (κ1) is 18.2. The SMILES string of the molecule is O=C(Cc1ccccc1)Nc1nnc(SCc2ccc(Cl)cc2Cl)s1. The number of rotatable bonds is 6. The molecule has 1 heterocycles. The predicted molar refractivity (Wildman–Crippen MR) is 105 cm³/mol. The van der Waals surface area contributed by atoms with Crippen molar-refractivity contribution in [1.82, 2.24) is 10.2 Å². The van der Waals surface area contributed by atoms with E-state index in [2.05, 4.69) is 15.5 Å². The summed E-state index contributed by atoms with van der Waals surface area (Å²) in [7, 11) is 0. The first-order valence-electron chi connectivity index (χ1n) is 7.34. The molecular formula is C17H13Cl2N3OS2. The molecule has 0 unspecified atom stereocenters. The molecule has 0 fully saturated rings. The molecule has 0 spiro atoms. The summed E-state index contributed by atoms with van der Waals surface area (Å²) in [6.07, 6.45) is 0.309. The lowest BCUT2D eigenvalue weighted by atomic mass is 10.1. The molecule has 0 saturated carbocycles. The number of thioether (sulfide) groups is 1. The molecule has 0 bridgehead atoms. The minimum atomic E-state index is -0.111. The third-order valence-electron chi connectivity index (χ3n) is 3.23. The third kappa shape index (κ3) is 5.44. The standard InChI is InChI=1S/C17H13Cl2N3OS2/c18-13-7-6-12(14(19)9-13)10-24-17-22-21-16(25-17)20-15(23)8-11-4-2-1-3-5-11/h1-7,9H,8,10H2,(H,20,21,23). The second-order valence-electron chi connectivity index (χ2n) is 5.11. The Balaban J connectivity index is 1.54. The highest BCUT2D eigenvalue weighted by Gasteiger charge is 2.10. The van der Waals surface area contributed by atoms with Crippen molar-refractivity contribution in [2.45, 2.75) is 16.5 Å². The van der Waals surface area contributed by atoms with Crippen LogP contribution in [0.2, 0.25) is 10.0 Å². The van der Waals surface area contributed by atoms with E-state index >= 15 is 0 Å². The third-order valence-corrected chi connectivity index (χ3v) is 5.83. The van der Waals surface area contributed by atoms with Crippen LogP contribution in [0.25, 0.3) is 0 Å². The van der Waals surface area contributed by atoms with Gasteiger partial charge < -0.3 is 5.32 Å². The second-order valence-corrected chi connectivity index (χ2v) is 8.15. The van der Waals surface area contributed by atoms with Crippen LogP contribution in [0.4, 0.5) is 5.13 Å². The zero-order valence-electron chi connectivity index (χ0n) is 12.9. The number of carbonyl (C=O) groups excluding carboxylic acids is 1. The first-order valence-corrected chi connectivity index (χ1v) is 9.90. The zero-order chi connectivity index (χ0) is 17.6. The molecule has 128 valence electrons. The quantitative estimate of drug-likeness (QED) is 0.442. The number of carbonyl (C=O) groups is 1. The number of hydrogen-bond donors (Lipinski definition) is 1. The largest absolute Gasteiger partial charge is 0.300 e. The van der Waals surface area contributed by atoms with Crippen molar-refractivity contribution in [3.8, 4) is 0 Å². The van der Waals surface area contributed by atoms with Gasteiger partial charge in [0.25, 0.3) is 0 Å². The highest BCUT2D eigenvalue weighted by atomic mass is 35.5. The molecule has 1 aromatic heterocycles. The number of benzene rings is 2. The first-order chi connectivity index (χ1) is 12.1. The molecule has 0 aliphatic rings. The normalized spacial score (nSPS) is 10.6. The monoisotopic (exact) mass is 409 g/mol. The van der Waals surface area contributed by atoms with E-state index in [4.69, 9.17) is 23.2 Å². The minimum absolute atomic E-state index is 0.111. The van der Waals surface area contributed by atoms with Gasteiger partial charge in [0.05, 0.1) is 6.42 Å². The predicted octanol–water partition coefficient (Wildman–Crippen LogP) is 5.32. The van der Waals surface area contributed by atoms with Gasteiger partial charge in [-0.05, 0) is 23.3 Å². The lowest BCUT2D eigenvalue weighted by Crippen LogP contribution is -2.14. The number of nitrogens with zero attached hydrogens (tertiary/aromatic N) is 2. The van der Waals surface area contributed by atoms with E-state index in [0.717, 1.165) is 15.5 Å². The van der Waals surface area contributed by atoms with Crippen LogP contribution in [0.1, 0.15) is 11.1 Å². The minimum Gasteiger partial charge on any atom is -0.300 e. The van der Waals surface area contributed by atoms with Crippen LogP contribution in [0, 0.1) is 0 Å². The average Bonchev–Trinajstić information content (AvgIpc) is 3.02. The van der Waals surface area contributed by atoms with Gasteiger partial charge in [-0.2, -0.15) is 0 Å². The Labute approximate surface area is 163 Å². The van der Waals surface area contributed by atoms with Crippen LogP contribution in [0.5, 0.6) is 0 Å². The maximum Gasteiger partial charge on any atom is 0.230 e. The summed E-state index contributed by atoms with van der Waals surface area (Å²) in [4.78, 5) is 12.0. The number of halogens is 2. The Morgan fingerprint density at radius 3 is 2.68 bits per heavy atom. The molecule has 1 amide bonds. The van der Waals surface area contributed by atoms with E-state index in [1.807, 2.05) is 36.4 Å². The molecule has 1 N–H and O–H groups in total. The van der Waals surface area contributed by atoms with Crippen LogP contribution in [0.3, 0.4) is 0 Å². The van der Waals surface area contributed by atoms with Crippen molar-refractivity contribution in [3.63, 3.8) is 0 Å². The topological polar surface area (TPSA) is 54.9 Å². The average molecular weight is 410 g/mol. The molecule has 4 nitrogen and oxygen atoms in total. The lowest BCUT2D eigenvalue weighted by molar-refractivity contribution is -0.115. The highest BCUT2D eigenvalue weighted by molar-refractivity contribution is 8.00. The Morgan fingerprint density at radius 1 is 1.12 bits per heavy atom. The maximum atomic E-state index is 12.0. The fourth-order valence-electron chi connectivity index (χ4n) is 2.04. The Hall–Kier alpha value is -1.60. The fraction of sp³-hybridized carbons (Fsp3) is 0.118. The lowest BCUT2D eigenvalue weighted by Gasteiger charge is -2.02. The van der Waals surface area contributed by atoms with E-state index < -0.39 is 0 Å². The van der Waals surface area contributed by atoms with E-state index in [0.29, 0.717) is 27.4 Å². The maximum absolute atomic E-state index is 12.0. The molecule has 0 atom stereocenters. The number of nitrogens with one attached hydrogen (secondary N) is 1. The van der Waals surface area contributed by atoms with Crippen molar-refractivity contribution in [2.24, 2.45) is 0 Å². The number of aromatic nitrogens is 2. The summed E-state index contributed by atoms with van der Waals surface area (Å²) >= 11 is 14.9. The van der Waals surface area contributed by atoms with E-state index in [1.54, 1.807) is 12.1 Å². The van der Waals surface area contributed by atoms with Gasteiger partial charge in [-0.15, -0.1) is 10.2 Å². The Bertz CT molecular complexity index is 871. The van der Waals surface area contributed by atoms with E-state index in [9.17, 15) is 4.79 Å². The number of amides is 1.